The molecule has 2 rings (SSSR count). The zero-order valence-corrected chi connectivity index (χ0v) is 10.7. The summed E-state index contributed by atoms with van der Waals surface area (Å²) in [5.74, 6) is -0.101. The predicted molar refractivity (Wildman–Crippen MR) is 75.0 cm³/mol. The predicted octanol–water partition coefficient (Wildman–Crippen LogP) is 2.85. The second kappa shape index (κ2) is 6.43. The van der Waals surface area contributed by atoms with Crippen LogP contribution in [0.25, 0.3) is 6.08 Å². The van der Waals surface area contributed by atoms with Crippen LogP contribution < -0.4 is 0 Å². The lowest BCUT2D eigenvalue weighted by molar-refractivity contribution is -0.138. The smallest absolute Gasteiger partial charge is 0.331 e. The van der Waals surface area contributed by atoms with Crippen LogP contribution in [0, 0.1) is 0 Å². The Morgan fingerprint density at radius 1 is 0.950 bits per heavy atom. The summed E-state index contributed by atoms with van der Waals surface area (Å²) >= 11 is 0. The van der Waals surface area contributed by atoms with E-state index < -0.39 is 5.97 Å². The first-order valence-corrected chi connectivity index (χ1v) is 6.05. The first-order chi connectivity index (χ1) is 9.63. The Labute approximate surface area is 116 Å². The van der Waals surface area contributed by atoms with Gasteiger partial charge in [0.15, 0.2) is 0 Å². The molecule has 102 valence electrons. The zero-order valence-electron chi connectivity index (χ0n) is 10.7. The van der Waals surface area contributed by atoms with Gasteiger partial charge in [-0.15, -0.1) is 0 Å². The normalized spacial score (nSPS) is 10.6. The molecule has 0 saturated carbocycles. The van der Waals surface area contributed by atoms with Crippen molar-refractivity contribution in [2.75, 3.05) is 0 Å². The summed E-state index contributed by atoms with van der Waals surface area (Å²) in [5, 5.41) is 18.3. The highest BCUT2D eigenvalue weighted by atomic mass is 16.5. The van der Waals surface area contributed by atoms with Crippen molar-refractivity contribution in [1.29, 1.82) is 0 Å². The number of esters is 1. The van der Waals surface area contributed by atoms with E-state index in [1.54, 1.807) is 42.5 Å². The molecule has 0 bridgehead atoms. The van der Waals surface area contributed by atoms with E-state index in [-0.39, 0.29) is 18.1 Å². The average molecular weight is 270 g/mol. The molecule has 0 saturated heterocycles. The van der Waals surface area contributed by atoms with Gasteiger partial charge in [-0.3, -0.25) is 0 Å². The van der Waals surface area contributed by atoms with Crippen LogP contribution >= 0.6 is 0 Å². The maximum Gasteiger partial charge on any atom is 0.331 e. The fourth-order valence-corrected chi connectivity index (χ4v) is 1.54. The first kappa shape index (κ1) is 13.7. The molecular weight excluding hydrogens is 256 g/mol. The number of phenols is 2. The number of ether oxygens (including phenoxy) is 1. The topological polar surface area (TPSA) is 66.8 Å². The minimum Gasteiger partial charge on any atom is -0.508 e. The quantitative estimate of drug-likeness (QED) is 0.662. The molecule has 20 heavy (non-hydrogen) atoms. The van der Waals surface area contributed by atoms with Crippen LogP contribution in [0.4, 0.5) is 0 Å². The molecule has 0 fully saturated rings. The highest BCUT2D eigenvalue weighted by Crippen LogP contribution is 2.12. The summed E-state index contributed by atoms with van der Waals surface area (Å²) in [6, 6.07) is 12.9. The van der Waals surface area contributed by atoms with Crippen molar-refractivity contribution in [2.24, 2.45) is 0 Å². The van der Waals surface area contributed by atoms with E-state index in [9.17, 15) is 4.79 Å². The number of phenolic OH excluding ortho intramolecular Hbond substituents is 2. The molecule has 2 aromatic carbocycles. The van der Waals surface area contributed by atoms with Gasteiger partial charge < -0.3 is 14.9 Å². The van der Waals surface area contributed by atoms with Gasteiger partial charge in [-0.1, -0.05) is 24.3 Å². The monoisotopic (exact) mass is 270 g/mol. The van der Waals surface area contributed by atoms with Gasteiger partial charge in [0.25, 0.3) is 0 Å². The number of benzene rings is 2. The Bertz CT molecular complexity index is 597. The molecule has 0 spiro atoms. The molecule has 2 aromatic rings. The van der Waals surface area contributed by atoms with Gasteiger partial charge in [0.05, 0.1) is 0 Å². The fraction of sp³-hybridized carbons (Fsp3) is 0.0625. The van der Waals surface area contributed by atoms with Gasteiger partial charge in [-0.05, 0) is 41.5 Å². The van der Waals surface area contributed by atoms with E-state index in [4.69, 9.17) is 14.9 Å². The first-order valence-electron chi connectivity index (χ1n) is 6.05. The number of hydrogen-bond acceptors (Lipinski definition) is 4. The molecule has 0 aromatic heterocycles. The SMILES string of the molecule is O=C(/C=C/c1ccc(O)cc1)OCc1ccc(O)cc1. The molecular formula is C16H14O4. The molecule has 4 nitrogen and oxygen atoms in total. The van der Waals surface area contributed by atoms with E-state index in [0.717, 1.165) is 11.1 Å². The van der Waals surface area contributed by atoms with E-state index >= 15 is 0 Å². The minimum atomic E-state index is -0.453. The molecule has 0 radical (unpaired) electrons. The maximum atomic E-state index is 11.5. The van der Waals surface area contributed by atoms with Crippen LogP contribution in [0.5, 0.6) is 11.5 Å². The maximum absolute atomic E-state index is 11.5. The summed E-state index contributed by atoms with van der Waals surface area (Å²) in [4.78, 5) is 11.5. The molecule has 2 N–H and O–H groups in total. The van der Waals surface area contributed by atoms with Gasteiger partial charge >= 0.3 is 5.97 Å². The third-order valence-electron chi connectivity index (χ3n) is 2.62. The largest absolute Gasteiger partial charge is 0.508 e. The van der Waals surface area contributed by atoms with Crippen molar-refractivity contribution < 1.29 is 19.7 Å². The van der Waals surface area contributed by atoms with Crippen molar-refractivity contribution in [1.82, 2.24) is 0 Å². The summed E-state index contributed by atoms with van der Waals surface area (Å²) < 4.78 is 5.06. The number of carbonyl (C=O) groups excluding carboxylic acids is 1. The number of aromatic hydroxyl groups is 2. The van der Waals surface area contributed by atoms with Crippen LogP contribution in [-0.2, 0) is 16.1 Å². The molecule has 0 unspecified atom stereocenters. The summed E-state index contributed by atoms with van der Waals surface area (Å²) in [5.41, 5.74) is 1.60. The number of rotatable bonds is 4. The molecule has 0 aliphatic carbocycles. The lowest BCUT2D eigenvalue weighted by Crippen LogP contribution is -2.00. The van der Waals surface area contributed by atoms with Crippen molar-refractivity contribution in [3.63, 3.8) is 0 Å². The van der Waals surface area contributed by atoms with Crippen molar-refractivity contribution in [3.8, 4) is 11.5 Å². The molecule has 0 amide bonds. The van der Waals surface area contributed by atoms with Crippen molar-refractivity contribution in [3.05, 3.63) is 65.7 Å². The van der Waals surface area contributed by atoms with Crippen LogP contribution in [-0.4, -0.2) is 16.2 Å². The highest BCUT2D eigenvalue weighted by Gasteiger charge is 1.99. The zero-order chi connectivity index (χ0) is 14.4. The van der Waals surface area contributed by atoms with E-state index in [1.807, 2.05) is 0 Å². The molecule has 0 heterocycles. The molecule has 4 heteroatoms. The second-order valence-electron chi connectivity index (χ2n) is 4.20. The Kier molecular flexibility index (Phi) is 4.39. The van der Waals surface area contributed by atoms with E-state index in [1.165, 1.54) is 18.2 Å². The fourth-order valence-electron chi connectivity index (χ4n) is 1.54. The average Bonchev–Trinajstić information content (AvgIpc) is 2.46. The van der Waals surface area contributed by atoms with Gasteiger partial charge in [0, 0.05) is 6.08 Å². The van der Waals surface area contributed by atoms with Gasteiger partial charge in [-0.25, -0.2) is 4.79 Å². The van der Waals surface area contributed by atoms with Crippen LogP contribution in [0.3, 0.4) is 0 Å². The third kappa shape index (κ3) is 4.17. The van der Waals surface area contributed by atoms with E-state index in [2.05, 4.69) is 0 Å². The summed E-state index contributed by atoms with van der Waals surface area (Å²) in [6.45, 7) is 0.152. The van der Waals surface area contributed by atoms with Crippen LogP contribution in [0.1, 0.15) is 11.1 Å². The summed E-state index contributed by atoms with van der Waals surface area (Å²) in [7, 11) is 0. The lowest BCUT2D eigenvalue weighted by atomic mass is 10.2. The molecule has 0 aliphatic heterocycles. The number of carbonyl (C=O) groups is 1. The van der Waals surface area contributed by atoms with Gasteiger partial charge in [-0.2, -0.15) is 0 Å². The second-order valence-corrected chi connectivity index (χ2v) is 4.20. The minimum absolute atomic E-state index is 0.152. The third-order valence-corrected chi connectivity index (χ3v) is 2.62. The van der Waals surface area contributed by atoms with E-state index in [0.29, 0.717) is 0 Å². The van der Waals surface area contributed by atoms with Crippen molar-refractivity contribution >= 4 is 12.0 Å². The Morgan fingerprint density at radius 2 is 1.50 bits per heavy atom. The number of hydrogen-bond donors (Lipinski definition) is 2. The Hall–Kier alpha value is -2.75. The van der Waals surface area contributed by atoms with Crippen LogP contribution in [0.2, 0.25) is 0 Å². The Balaban J connectivity index is 1.86. The lowest BCUT2D eigenvalue weighted by Gasteiger charge is -2.02. The van der Waals surface area contributed by atoms with Crippen LogP contribution in [0.15, 0.2) is 54.6 Å². The molecule has 0 aliphatic rings. The van der Waals surface area contributed by atoms with Gasteiger partial charge in [0.2, 0.25) is 0 Å². The standard InChI is InChI=1S/C16H14O4/c17-14-6-1-12(2-7-14)5-10-16(19)20-11-13-3-8-15(18)9-4-13/h1-10,17-18H,11H2/b10-5+. The molecule has 0 atom stereocenters. The summed E-state index contributed by atoms with van der Waals surface area (Å²) in [6.07, 6.45) is 2.94. The Morgan fingerprint density at radius 3 is 2.10 bits per heavy atom. The van der Waals surface area contributed by atoms with Gasteiger partial charge in [0.1, 0.15) is 18.1 Å². The van der Waals surface area contributed by atoms with Crippen molar-refractivity contribution in [2.45, 2.75) is 6.61 Å². The highest BCUT2D eigenvalue weighted by molar-refractivity contribution is 5.87.